The van der Waals surface area contributed by atoms with Crippen LogP contribution >= 0.6 is 11.6 Å². The van der Waals surface area contributed by atoms with Crippen LogP contribution in [0.1, 0.15) is 29.2 Å². The Bertz CT molecular complexity index is 516. The summed E-state index contributed by atoms with van der Waals surface area (Å²) in [5.74, 6) is -0.457. The van der Waals surface area contributed by atoms with E-state index in [0.29, 0.717) is 23.7 Å². The van der Waals surface area contributed by atoms with Crippen molar-refractivity contribution in [2.75, 3.05) is 13.7 Å². The van der Waals surface area contributed by atoms with Crippen LogP contribution in [0.15, 0.2) is 6.07 Å². The maximum absolute atomic E-state index is 11.0. The molecule has 0 spiro atoms. The molecule has 5 heteroatoms. The van der Waals surface area contributed by atoms with Gasteiger partial charge in [0.15, 0.2) is 0 Å². The van der Waals surface area contributed by atoms with Crippen LogP contribution in [0.4, 0.5) is 0 Å². The highest BCUT2D eigenvalue weighted by Crippen LogP contribution is 2.41. The predicted molar refractivity (Wildman–Crippen MR) is 74.0 cm³/mol. The summed E-state index contributed by atoms with van der Waals surface area (Å²) in [5, 5.41) is 12.9. The molecule has 1 aliphatic heterocycles. The molecule has 2 atom stereocenters. The van der Waals surface area contributed by atoms with Gasteiger partial charge in [0.2, 0.25) is 0 Å². The van der Waals surface area contributed by atoms with Crippen molar-refractivity contribution in [3.05, 3.63) is 27.8 Å². The van der Waals surface area contributed by atoms with Gasteiger partial charge in [-0.25, -0.2) is 0 Å². The molecule has 1 saturated heterocycles. The maximum Gasteiger partial charge on any atom is 0.307 e. The minimum Gasteiger partial charge on any atom is -0.495 e. The lowest BCUT2D eigenvalue weighted by atomic mass is 9.94. The van der Waals surface area contributed by atoms with Gasteiger partial charge < -0.3 is 15.2 Å². The topological polar surface area (TPSA) is 58.6 Å². The number of hydrogen-bond acceptors (Lipinski definition) is 3. The molecule has 2 N–H and O–H groups in total. The summed E-state index contributed by atoms with van der Waals surface area (Å²) in [6.07, 6.45) is 0.561. The van der Waals surface area contributed by atoms with Gasteiger partial charge >= 0.3 is 5.97 Å². The van der Waals surface area contributed by atoms with Crippen molar-refractivity contribution in [2.24, 2.45) is 5.92 Å². The Kier molecular flexibility index (Phi) is 4.02. The lowest BCUT2D eigenvalue weighted by molar-refractivity contribution is -0.141. The standard InChI is InChI=1S/C14H18ClNO3/c1-7-4-8(2)12(15)13(19-3)11(7)10-5-9(6-16-10)14(17)18/h4,9-10,16H,5-6H2,1-3H3,(H,17,18). The summed E-state index contributed by atoms with van der Waals surface area (Å²) in [6.45, 7) is 4.41. The van der Waals surface area contributed by atoms with Crippen molar-refractivity contribution in [1.29, 1.82) is 0 Å². The van der Waals surface area contributed by atoms with Crippen molar-refractivity contribution in [3.8, 4) is 5.75 Å². The summed E-state index contributed by atoms with van der Waals surface area (Å²) in [6, 6.07) is 1.99. The van der Waals surface area contributed by atoms with E-state index in [9.17, 15) is 4.79 Å². The maximum atomic E-state index is 11.0. The van der Waals surface area contributed by atoms with Gasteiger partial charge in [-0.2, -0.15) is 0 Å². The van der Waals surface area contributed by atoms with E-state index in [4.69, 9.17) is 21.4 Å². The van der Waals surface area contributed by atoms with Crippen molar-refractivity contribution in [3.63, 3.8) is 0 Å². The molecule has 1 aromatic carbocycles. The van der Waals surface area contributed by atoms with Gasteiger partial charge in [-0.15, -0.1) is 0 Å². The molecule has 2 unspecified atom stereocenters. The summed E-state index contributed by atoms with van der Waals surface area (Å²) < 4.78 is 5.43. The zero-order valence-electron chi connectivity index (χ0n) is 11.3. The Labute approximate surface area is 117 Å². The van der Waals surface area contributed by atoms with Crippen LogP contribution in [0.25, 0.3) is 0 Å². The molecule has 1 aliphatic rings. The van der Waals surface area contributed by atoms with Gasteiger partial charge in [0, 0.05) is 18.2 Å². The Balaban J connectivity index is 2.40. The van der Waals surface area contributed by atoms with E-state index in [2.05, 4.69) is 5.32 Å². The molecule has 1 heterocycles. The highest BCUT2D eigenvalue weighted by atomic mass is 35.5. The molecule has 0 aromatic heterocycles. The number of hydrogen-bond donors (Lipinski definition) is 2. The number of nitrogens with one attached hydrogen (secondary N) is 1. The molecular weight excluding hydrogens is 266 g/mol. The second-order valence-electron chi connectivity index (χ2n) is 5.00. The summed E-state index contributed by atoms with van der Waals surface area (Å²) in [7, 11) is 1.59. The van der Waals surface area contributed by atoms with Crippen molar-refractivity contribution >= 4 is 17.6 Å². The molecule has 0 amide bonds. The highest BCUT2D eigenvalue weighted by Gasteiger charge is 2.33. The van der Waals surface area contributed by atoms with E-state index in [1.54, 1.807) is 7.11 Å². The number of aryl methyl sites for hydroxylation is 2. The smallest absolute Gasteiger partial charge is 0.307 e. The van der Waals surface area contributed by atoms with Crippen LogP contribution in [-0.2, 0) is 4.79 Å². The number of benzene rings is 1. The number of halogens is 1. The third kappa shape index (κ3) is 2.55. The third-order valence-electron chi connectivity index (χ3n) is 3.68. The molecule has 1 fully saturated rings. The van der Waals surface area contributed by atoms with Gasteiger partial charge in [-0.1, -0.05) is 17.7 Å². The number of carboxylic acids is 1. The first kappa shape index (κ1) is 14.2. The Morgan fingerprint density at radius 1 is 1.47 bits per heavy atom. The average molecular weight is 284 g/mol. The summed E-state index contributed by atoms with van der Waals surface area (Å²) in [4.78, 5) is 11.0. The number of ether oxygens (including phenoxy) is 1. The number of carboxylic acid groups (broad SMARTS) is 1. The molecule has 1 aromatic rings. The van der Waals surface area contributed by atoms with E-state index in [1.807, 2.05) is 19.9 Å². The fraction of sp³-hybridized carbons (Fsp3) is 0.500. The number of rotatable bonds is 3. The van der Waals surface area contributed by atoms with Crippen molar-refractivity contribution in [2.45, 2.75) is 26.3 Å². The van der Waals surface area contributed by atoms with Crippen molar-refractivity contribution < 1.29 is 14.6 Å². The van der Waals surface area contributed by atoms with Crippen LogP contribution < -0.4 is 10.1 Å². The lowest BCUT2D eigenvalue weighted by Gasteiger charge is -2.20. The molecule has 2 rings (SSSR count). The number of methoxy groups -OCH3 is 1. The second-order valence-corrected chi connectivity index (χ2v) is 5.38. The zero-order chi connectivity index (χ0) is 14.2. The predicted octanol–water partition coefficient (Wildman–Crippen LogP) is 2.70. The van der Waals surface area contributed by atoms with Crippen LogP contribution in [0, 0.1) is 19.8 Å². The van der Waals surface area contributed by atoms with Gasteiger partial charge in [0.05, 0.1) is 18.1 Å². The number of aliphatic carboxylic acids is 1. The lowest BCUT2D eigenvalue weighted by Crippen LogP contribution is -2.18. The van der Waals surface area contributed by atoms with E-state index < -0.39 is 5.97 Å². The second kappa shape index (κ2) is 5.39. The van der Waals surface area contributed by atoms with Gasteiger partial charge in [0.25, 0.3) is 0 Å². The van der Waals surface area contributed by atoms with E-state index in [1.165, 1.54) is 0 Å². The zero-order valence-corrected chi connectivity index (χ0v) is 12.0. The SMILES string of the molecule is COc1c(Cl)c(C)cc(C)c1C1CC(C(=O)O)CN1. The highest BCUT2D eigenvalue weighted by molar-refractivity contribution is 6.33. The fourth-order valence-electron chi connectivity index (χ4n) is 2.72. The quantitative estimate of drug-likeness (QED) is 0.895. The van der Waals surface area contributed by atoms with Crippen LogP contribution in [0.3, 0.4) is 0 Å². The fourth-order valence-corrected chi connectivity index (χ4v) is 2.95. The van der Waals surface area contributed by atoms with Gasteiger partial charge in [-0.05, 0) is 31.4 Å². The summed E-state index contributed by atoms with van der Waals surface area (Å²) in [5.41, 5.74) is 3.01. The molecule has 0 bridgehead atoms. The minimum absolute atomic E-state index is 0.0193. The molecule has 0 radical (unpaired) electrons. The van der Waals surface area contributed by atoms with E-state index in [-0.39, 0.29) is 12.0 Å². The molecule has 4 nitrogen and oxygen atoms in total. The Hall–Kier alpha value is -1.26. The first-order valence-electron chi connectivity index (χ1n) is 6.25. The Morgan fingerprint density at radius 3 is 2.68 bits per heavy atom. The van der Waals surface area contributed by atoms with Gasteiger partial charge in [0.1, 0.15) is 5.75 Å². The van der Waals surface area contributed by atoms with Crippen LogP contribution in [-0.4, -0.2) is 24.7 Å². The third-order valence-corrected chi connectivity index (χ3v) is 4.15. The monoisotopic (exact) mass is 283 g/mol. The number of carbonyl (C=O) groups is 1. The molecular formula is C14H18ClNO3. The van der Waals surface area contributed by atoms with E-state index >= 15 is 0 Å². The van der Waals surface area contributed by atoms with Crippen LogP contribution in [0.5, 0.6) is 5.75 Å². The minimum atomic E-state index is -0.759. The normalized spacial score (nSPS) is 22.5. The molecule has 0 saturated carbocycles. The molecule has 19 heavy (non-hydrogen) atoms. The average Bonchev–Trinajstić information content (AvgIpc) is 2.82. The molecule has 104 valence electrons. The molecule has 0 aliphatic carbocycles. The first-order chi connectivity index (χ1) is 8.95. The van der Waals surface area contributed by atoms with E-state index in [0.717, 1.165) is 16.7 Å². The first-order valence-corrected chi connectivity index (χ1v) is 6.63. The largest absolute Gasteiger partial charge is 0.495 e. The van der Waals surface area contributed by atoms with Crippen LogP contribution in [0.2, 0.25) is 5.02 Å². The Morgan fingerprint density at radius 2 is 2.16 bits per heavy atom. The van der Waals surface area contributed by atoms with Gasteiger partial charge in [-0.3, -0.25) is 4.79 Å². The van der Waals surface area contributed by atoms with Crippen molar-refractivity contribution in [1.82, 2.24) is 5.32 Å². The summed E-state index contributed by atoms with van der Waals surface area (Å²) >= 11 is 6.28.